The van der Waals surface area contributed by atoms with E-state index in [1.54, 1.807) is 19.2 Å². The van der Waals surface area contributed by atoms with Crippen LogP contribution < -0.4 is 18.9 Å². The van der Waals surface area contributed by atoms with Crippen LogP contribution in [0.5, 0.6) is 23.0 Å². The molecular weight excluding hydrogens is 522 g/mol. The van der Waals surface area contributed by atoms with E-state index in [0.29, 0.717) is 18.9 Å². The third kappa shape index (κ3) is 6.95. The summed E-state index contributed by atoms with van der Waals surface area (Å²) in [6.07, 6.45) is 1.95. The van der Waals surface area contributed by atoms with Crippen molar-refractivity contribution in [2.75, 3.05) is 33.4 Å². The van der Waals surface area contributed by atoms with E-state index in [-0.39, 0.29) is 35.9 Å². The summed E-state index contributed by atoms with van der Waals surface area (Å²) in [5, 5.41) is 20.3. The Labute approximate surface area is 234 Å². The molecule has 0 bridgehead atoms. The molecule has 2 N–H and O–H groups in total. The number of aliphatic hydroxyl groups excluding tert-OH is 1. The van der Waals surface area contributed by atoms with E-state index in [1.165, 1.54) is 11.6 Å². The minimum atomic E-state index is -1.10. The quantitative estimate of drug-likeness (QED) is 0.374. The van der Waals surface area contributed by atoms with Crippen molar-refractivity contribution in [2.24, 2.45) is 0 Å². The minimum Gasteiger partial charge on any atom is -0.497 e. The second-order valence-electron chi connectivity index (χ2n) is 9.93. The van der Waals surface area contributed by atoms with Gasteiger partial charge in [-0.05, 0) is 41.5 Å². The topological polar surface area (TPSA) is 97.7 Å². The highest BCUT2D eigenvalue weighted by Crippen LogP contribution is 2.40. The monoisotopic (exact) mass is 555 g/mol. The zero-order valence-electron chi connectivity index (χ0n) is 21.9. The van der Waals surface area contributed by atoms with Gasteiger partial charge in [0.1, 0.15) is 53.5 Å². The molecule has 3 aromatic rings. The normalized spacial score (nSPS) is 16.5. The summed E-state index contributed by atoms with van der Waals surface area (Å²) in [7, 11) is 1.61. The number of carboxylic acid groups (broad SMARTS) is 1. The number of fused-ring (bicyclic) bond motifs is 1. The molecule has 2 aliphatic heterocycles. The number of rotatable bonds is 10. The van der Waals surface area contributed by atoms with Crippen molar-refractivity contribution < 1.29 is 34.0 Å². The molecule has 3 aromatic carbocycles. The molecule has 0 radical (unpaired) electrons. The van der Waals surface area contributed by atoms with E-state index < -0.39 is 12.1 Å². The molecule has 39 heavy (non-hydrogen) atoms. The number of hydrogen-bond acceptors (Lipinski definition) is 7. The van der Waals surface area contributed by atoms with Crippen LogP contribution in [0.15, 0.2) is 66.7 Å². The van der Waals surface area contributed by atoms with Crippen molar-refractivity contribution in [2.45, 2.75) is 37.6 Å². The van der Waals surface area contributed by atoms with E-state index in [2.05, 4.69) is 11.0 Å². The van der Waals surface area contributed by atoms with E-state index in [0.717, 1.165) is 49.4 Å². The number of methoxy groups -OCH3 is 1. The summed E-state index contributed by atoms with van der Waals surface area (Å²) in [4.78, 5) is 13.9. The average Bonchev–Trinajstić information content (AvgIpc) is 3.30. The number of aliphatic hydroxyl groups is 1. The molecule has 208 valence electrons. The van der Waals surface area contributed by atoms with Crippen molar-refractivity contribution in [1.29, 1.82) is 0 Å². The lowest BCUT2D eigenvalue weighted by atomic mass is 9.87. The number of β-amino-alcohol motifs (C(OH)–C–C–N with tert-alkyl or cyclic N) is 1. The van der Waals surface area contributed by atoms with Crippen LogP contribution in [0.4, 0.5) is 0 Å². The van der Waals surface area contributed by atoms with Gasteiger partial charge in [-0.15, -0.1) is 12.4 Å². The van der Waals surface area contributed by atoms with Crippen LogP contribution in [0.2, 0.25) is 0 Å². The fraction of sp³-hybridized carbons (Fsp3) is 0.367. The number of halogens is 1. The summed E-state index contributed by atoms with van der Waals surface area (Å²) in [6.45, 7) is 2.37. The van der Waals surface area contributed by atoms with Gasteiger partial charge in [-0.25, -0.2) is 4.79 Å². The Bertz CT molecular complexity index is 1230. The zero-order chi connectivity index (χ0) is 26.5. The van der Waals surface area contributed by atoms with Gasteiger partial charge in [-0.2, -0.15) is 0 Å². The largest absolute Gasteiger partial charge is 0.497 e. The summed E-state index contributed by atoms with van der Waals surface area (Å²) >= 11 is 0. The van der Waals surface area contributed by atoms with Gasteiger partial charge >= 0.3 is 5.97 Å². The Morgan fingerprint density at radius 2 is 1.74 bits per heavy atom. The van der Waals surface area contributed by atoms with E-state index in [9.17, 15) is 15.0 Å². The van der Waals surface area contributed by atoms with Gasteiger partial charge in [0.25, 0.3) is 0 Å². The number of carbonyl (C=O) groups is 1. The lowest BCUT2D eigenvalue weighted by molar-refractivity contribution is -0.00204. The van der Waals surface area contributed by atoms with Gasteiger partial charge in [0.2, 0.25) is 0 Å². The first-order valence-electron chi connectivity index (χ1n) is 12.9. The first kappa shape index (κ1) is 28.5. The van der Waals surface area contributed by atoms with E-state index in [1.807, 2.05) is 42.5 Å². The highest BCUT2D eigenvalue weighted by Gasteiger charge is 2.41. The van der Waals surface area contributed by atoms with Crippen LogP contribution in [0.3, 0.4) is 0 Å². The number of likely N-dealkylation sites (tertiary alicyclic amines) is 1. The molecule has 9 heteroatoms. The van der Waals surface area contributed by atoms with Gasteiger partial charge in [0, 0.05) is 45.0 Å². The maximum Gasteiger partial charge on any atom is 0.339 e. The molecule has 2 aliphatic rings. The lowest BCUT2D eigenvalue weighted by Gasteiger charge is -2.39. The summed E-state index contributed by atoms with van der Waals surface area (Å²) < 4.78 is 23.1. The summed E-state index contributed by atoms with van der Waals surface area (Å²) in [6, 6.07) is 20.3. The zero-order valence-corrected chi connectivity index (χ0v) is 22.7. The first-order chi connectivity index (χ1) is 18.4. The molecule has 2 heterocycles. The van der Waals surface area contributed by atoms with Crippen molar-refractivity contribution >= 4 is 18.4 Å². The molecule has 1 atom stereocenters. The predicted molar refractivity (Wildman–Crippen MR) is 149 cm³/mol. The Balaban J connectivity index is 0.00000353. The summed E-state index contributed by atoms with van der Waals surface area (Å²) in [5.74, 6) is 1.29. The molecule has 5 rings (SSSR count). The third-order valence-corrected chi connectivity index (χ3v) is 7.23. The SMILES string of the molecule is COc1ccc(COc2ccc(C(=O)O)c(OC[C@H](O)CN3CCC4(CC3)Cc3ccccc3O4)c2)cc1.Cl. The van der Waals surface area contributed by atoms with Crippen LogP contribution in [-0.4, -0.2) is 66.1 Å². The Hall–Kier alpha value is -3.46. The van der Waals surface area contributed by atoms with Crippen LogP contribution in [0.1, 0.15) is 34.3 Å². The highest BCUT2D eigenvalue weighted by molar-refractivity contribution is 5.91. The number of piperidine rings is 1. The smallest absolute Gasteiger partial charge is 0.339 e. The molecule has 0 aromatic heterocycles. The molecule has 0 unspecified atom stereocenters. The van der Waals surface area contributed by atoms with Crippen LogP contribution in [-0.2, 0) is 13.0 Å². The van der Waals surface area contributed by atoms with Crippen LogP contribution in [0.25, 0.3) is 0 Å². The fourth-order valence-electron chi connectivity index (χ4n) is 5.10. The number of para-hydroxylation sites is 1. The summed E-state index contributed by atoms with van der Waals surface area (Å²) in [5.41, 5.74) is 2.08. The van der Waals surface area contributed by atoms with E-state index in [4.69, 9.17) is 18.9 Å². The van der Waals surface area contributed by atoms with Gasteiger partial charge in [0.05, 0.1) is 7.11 Å². The average molecular weight is 556 g/mol. The molecule has 0 amide bonds. The standard InChI is InChI=1S/C30H33NO7.ClH/c1-35-24-8-6-21(7-9-24)19-36-25-10-11-26(29(33)34)28(16-25)37-20-23(32)18-31-14-12-30(13-15-31)17-22-4-2-3-5-27(22)38-30;/h2-11,16,23,32H,12-15,17-20H2,1H3,(H,33,34);1H/t23-;/m1./s1. The Kier molecular flexibility index (Phi) is 9.22. The Morgan fingerprint density at radius 1 is 1.03 bits per heavy atom. The molecule has 1 fully saturated rings. The van der Waals surface area contributed by atoms with Gasteiger partial charge < -0.3 is 34.1 Å². The molecule has 0 saturated carbocycles. The van der Waals surface area contributed by atoms with Gasteiger partial charge in [0.15, 0.2) is 0 Å². The Morgan fingerprint density at radius 3 is 2.44 bits per heavy atom. The number of carboxylic acids is 1. The second kappa shape index (κ2) is 12.6. The van der Waals surface area contributed by atoms with E-state index >= 15 is 0 Å². The number of nitrogens with zero attached hydrogens (tertiary/aromatic N) is 1. The second-order valence-corrected chi connectivity index (χ2v) is 9.93. The maximum atomic E-state index is 11.7. The van der Waals surface area contributed by atoms with Crippen LogP contribution >= 0.6 is 12.4 Å². The lowest BCUT2D eigenvalue weighted by Crippen LogP contribution is -2.49. The van der Waals surface area contributed by atoms with Crippen molar-refractivity contribution in [3.63, 3.8) is 0 Å². The van der Waals surface area contributed by atoms with Crippen molar-refractivity contribution in [3.8, 4) is 23.0 Å². The number of hydrogen-bond donors (Lipinski definition) is 2. The molecule has 1 spiro atoms. The highest BCUT2D eigenvalue weighted by atomic mass is 35.5. The van der Waals surface area contributed by atoms with Gasteiger partial charge in [-0.3, -0.25) is 0 Å². The number of aromatic carboxylic acids is 1. The van der Waals surface area contributed by atoms with Gasteiger partial charge in [-0.1, -0.05) is 30.3 Å². The van der Waals surface area contributed by atoms with Crippen molar-refractivity contribution in [3.05, 3.63) is 83.4 Å². The number of ether oxygens (including phenoxy) is 4. The molecular formula is C30H34ClNO7. The number of benzene rings is 3. The first-order valence-corrected chi connectivity index (χ1v) is 12.9. The van der Waals surface area contributed by atoms with Crippen molar-refractivity contribution in [1.82, 2.24) is 4.90 Å². The predicted octanol–water partition coefficient (Wildman–Crippen LogP) is 4.60. The molecule has 8 nitrogen and oxygen atoms in total. The maximum absolute atomic E-state index is 11.7. The fourth-order valence-corrected chi connectivity index (χ4v) is 5.10. The molecule has 1 saturated heterocycles. The third-order valence-electron chi connectivity index (χ3n) is 7.23. The van der Waals surface area contributed by atoms with Crippen LogP contribution in [0, 0.1) is 0 Å². The minimum absolute atomic E-state index is 0. The molecule has 0 aliphatic carbocycles.